The van der Waals surface area contributed by atoms with E-state index in [0.29, 0.717) is 10.7 Å². The van der Waals surface area contributed by atoms with E-state index in [4.69, 9.17) is 11.6 Å². The van der Waals surface area contributed by atoms with Gasteiger partial charge in [0.15, 0.2) is 5.82 Å². The third-order valence-electron chi connectivity index (χ3n) is 2.10. The van der Waals surface area contributed by atoms with Crippen molar-refractivity contribution >= 4 is 23.2 Å². The number of nitrogens with one attached hydrogen (secondary N) is 1. The van der Waals surface area contributed by atoms with E-state index < -0.39 is 11.7 Å². The normalized spacial score (nSPS) is 10.0. The Hall–Kier alpha value is -1.94. The third-order valence-corrected chi connectivity index (χ3v) is 2.33. The molecule has 0 unspecified atom stereocenters. The molecule has 2 rings (SSSR count). The molecule has 0 fully saturated rings. The van der Waals surface area contributed by atoms with Crippen molar-refractivity contribution in [1.82, 2.24) is 4.98 Å². The molecule has 0 radical (unpaired) electrons. The van der Waals surface area contributed by atoms with E-state index >= 15 is 0 Å². The lowest BCUT2D eigenvalue weighted by molar-refractivity contribution is 0.102. The van der Waals surface area contributed by atoms with E-state index in [1.807, 2.05) is 0 Å². The van der Waals surface area contributed by atoms with E-state index in [9.17, 15) is 9.18 Å². The summed E-state index contributed by atoms with van der Waals surface area (Å²) in [5.74, 6) is -1.20. The van der Waals surface area contributed by atoms with Crippen LogP contribution in [0.3, 0.4) is 0 Å². The van der Waals surface area contributed by atoms with Crippen molar-refractivity contribution in [2.24, 2.45) is 0 Å². The molecule has 86 valence electrons. The SMILES string of the molecule is O=C(Nc1cccc(Cl)c1)c1ccncc1F. The van der Waals surface area contributed by atoms with Gasteiger partial charge >= 0.3 is 0 Å². The molecule has 1 aromatic carbocycles. The van der Waals surface area contributed by atoms with Gasteiger partial charge < -0.3 is 5.32 Å². The van der Waals surface area contributed by atoms with Gasteiger partial charge in [0.25, 0.3) is 5.91 Å². The first-order chi connectivity index (χ1) is 8.16. The summed E-state index contributed by atoms with van der Waals surface area (Å²) in [6, 6.07) is 7.95. The molecule has 1 amide bonds. The van der Waals surface area contributed by atoms with Crippen LogP contribution < -0.4 is 5.32 Å². The lowest BCUT2D eigenvalue weighted by Crippen LogP contribution is -2.13. The lowest BCUT2D eigenvalue weighted by atomic mass is 10.2. The minimum atomic E-state index is -0.660. The molecule has 0 aliphatic heterocycles. The van der Waals surface area contributed by atoms with Crippen molar-refractivity contribution in [3.63, 3.8) is 0 Å². The van der Waals surface area contributed by atoms with E-state index in [1.54, 1.807) is 24.3 Å². The molecule has 0 atom stereocenters. The summed E-state index contributed by atoms with van der Waals surface area (Å²) in [5.41, 5.74) is 0.457. The number of hydrogen-bond donors (Lipinski definition) is 1. The van der Waals surface area contributed by atoms with Crippen LogP contribution in [-0.4, -0.2) is 10.9 Å². The second-order valence-corrected chi connectivity index (χ2v) is 3.76. The second kappa shape index (κ2) is 4.93. The van der Waals surface area contributed by atoms with Gasteiger partial charge in [-0.2, -0.15) is 0 Å². The maximum atomic E-state index is 13.3. The Morgan fingerprint density at radius 1 is 1.35 bits per heavy atom. The fourth-order valence-corrected chi connectivity index (χ4v) is 1.51. The highest BCUT2D eigenvalue weighted by Gasteiger charge is 2.11. The molecule has 0 spiro atoms. The molecule has 3 nitrogen and oxygen atoms in total. The van der Waals surface area contributed by atoms with Crippen LogP contribution in [-0.2, 0) is 0 Å². The number of halogens is 2. The Balaban J connectivity index is 2.20. The summed E-state index contributed by atoms with van der Waals surface area (Å²) in [6.45, 7) is 0. The molecule has 1 N–H and O–H groups in total. The number of carbonyl (C=O) groups is 1. The zero-order valence-corrected chi connectivity index (χ0v) is 9.41. The van der Waals surface area contributed by atoms with Gasteiger partial charge in [-0.05, 0) is 24.3 Å². The van der Waals surface area contributed by atoms with Gasteiger partial charge in [0.05, 0.1) is 11.8 Å². The van der Waals surface area contributed by atoms with Gasteiger partial charge in [0.2, 0.25) is 0 Å². The van der Waals surface area contributed by atoms with E-state index in [-0.39, 0.29) is 5.56 Å². The van der Waals surface area contributed by atoms with Crippen LogP contribution in [0.1, 0.15) is 10.4 Å². The van der Waals surface area contributed by atoms with Crippen LogP contribution in [0.15, 0.2) is 42.7 Å². The Bertz CT molecular complexity index is 560. The molecule has 1 aromatic heterocycles. The zero-order valence-electron chi connectivity index (χ0n) is 8.65. The third kappa shape index (κ3) is 2.79. The average molecular weight is 251 g/mol. The van der Waals surface area contributed by atoms with Crippen LogP contribution in [0.2, 0.25) is 5.02 Å². The number of amides is 1. The van der Waals surface area contributed by atoms with Gasteiger partial charge in [0, 0.05) is 16.9 Å². The Morgan fingerprint density at radius 2 is 2.18 bits per heavy atom. The summed E-state index contributed by atoms with van der Waals surface area (Å²) < 4.78 is 13.3. The van der Waals surface area contributed by atoms with Crippen molar-refractivity contribution in [3.8, 4) is 0 Å². The quantitative estimate of drug-likeness (QED) is 0.890. The topological polar surface area (TPSA) is 42.0 Å². The lowest BCUT2D eigenvalue weighted by Gasteiger charge is -2.05. The summed E-state index contributed by atoms with van der Waals surface area (Å²) in [7, 11) is 0. The Morgan fingerprint density at radius 3 is 2.88 bits per heavy atom. The minimum Gasteiger partial charge on any atom is -0.322 e. The highest BCUT2D eigenvalue weighted by molar-refractivity contribution is 6.30. The predicted molar refractivity (Wildman–Crippen MR) is 63.6 cm³/mol. The highest BCUT2D eigenvalue weighted by Crippen LogP contribution is 2.16. The van der Waals surface area contributed by atoms with Gasteiger partial charge in [0.1, 0.15) is 0 Å². The van der Waals surface area contributed by atoms with E-state index in [1.165, 1.54) is 12.3 Å². The number of hydrogen-bond acceptors (Lipinski definition) is 2. The number of rotatable bonds is 2. The number of aromatic nitrogens is 1. The van der Waals surface area contributed by atoms with E-state index in [2.05, 4.69) is 10.3 Å². The fourth-order valence-electron chi connectivity index (χ4n) is 1.32. The van der Waals surface area contributed by atoms with Crippen LogP contribution in [0, 0.1) is 5.82 Å². The minimum absolute atomic E-state index is 0.0556. The van der Waals surface area contributed by atoms with Crippen molar-refractivity contribution in [1.29, 1.82) is 0 Å². The fraction of sp³-hybridized carbons (Fsp3) is 0. The van der Waals surface area contributed by atoms with Crippen LogP contribution in [0.5, 0.6) is 0 Å². The number of nitrogens with zero attached hydrogens (tertiary/aromatic N) is 1. The number of pyridine rings is 1. The molecule has 5 heteroatoms. The smallest absolute Gasteiger partial charge is 0.258 e. The summed E-state index contributed by atoms with van der Waals surface area (Å²) >= 11 is 5.77. The number of anilines is 1. The zero-order chi connectivity index (χ0) is 12.3. The molecule has 0 aliphatic carbocycles. The Labute approximate surface area is 102 Å². The maximum absolute atomic E-state index is 13.3. The summed E-state index contributed by atoms with van der Waals surface area (Å²) in [4.78, 5) is 15.3. The highest BCUT2D eigenvalue weighted by atomic mass is 35.5. The molecular formula is C12H8ClFN2O. The van der Waals surface area contributed by atoms with Crippen molar-refractivity contribution < 1.29 is 9.18 Å². The summed E-state index contributed by atoms with van der Waals surface area (Å²) in [5, 5.41) is 3.05. The van der Waals surface area contributed by atoms with Gasteiger partial charge in [-0.25, -0.2) is 4.39 Å². The van der Waals surface area contributed by atoms with E-state index in [0.717, 1.165) is 6.20 Å². The molecular weight excluding hydrogens is 243 g/mol. The molecule has 0 saturated carbocycles. The molecule has 0 saturated heterocycles. The second-order valence-electron chi connectivity index (χ2n) is 3.32. The Kier molecular flexibility index (Phi) is 3.35. The first-order valence-corrected chi connectivity index (χ1v) is 5.21. The van der Waals surface area contributed by atoms with Crippen molar-refractivity contribution in [2.45, 2.75) is 0 Å². The average Bonchev–Trinajstić information content (AvgIpc) is 2.29. The monoisotopic (exact) mass is 250 g/mol. The van der Waals surface area contributed by atoms with Crippen LogP contribution in [0.25, 0.3) is 0 Å². The first-order valence-electron chi connectivity index (χ1n) is 4.83. The number of benzene rings is 1. The molecule has 0 aliphatic rings. The van der Waals surface area contributed by atoms with Crippen LogP contribution in [0.4, 0.5) is 10.1 Å². The number of carbonyl (C=O) groups excluding carboxylic acids is 1. The molecule has 1 heterocycles. The first kappa shape index (κ1) is 11.5. The molecule has 2 aromatic rings. The standard InChI is InChI=1S/C12H8ClFN2O/c13-8-2-1-3-9(6-8)16-12(17)10-4-5-15-7-11(10)14/h1-7H,(H,16,17). The van der Waals surface area contributed by atoms with Crippen LogP contribution >= 0.6 is 11.6 Å². The predicted octanol–water partition coefficient (Wildman–Crippen LogP) is 3.13. The molecule has 0 bridgehead atoms. The van der Waals surface area contributed by atoms with Crippen molar-refractivity contribution in [2.75, 3.05) is 5.32 Å². The van der Waals surface area contributed by atoms with Crippen molar-refractivity contribution in [3.05, 3.63) is 59.1 Å². The molecule has 17 heavy (non-hydrogen) atoms. The van der Waals surface area contributed by atoms with Gasteiger partial charge in [-0.1, -0.05) is 17.7 Å². The maximum Gasteiger partial charge on any atom is 0.258 e. The van der Waals surface area contributed by atoms with Gasteiger partial charge in [-0.3, -0.25) is 9.78 Å². The van der Waals surface area contributed by atoms with Gasteiger partial charge in [-0.15, -0.1) is 0 Å². The summed E-state index contributed by atoms with van der Waals surface area (Å²) in [6.07, 6.45) is 2.35. The largest absolute Gasteiger partial charge is 0.322 e.